The Balaban J connectivity index is 0.000000232. The lowest BCUT2D eigenvalue weighted by molar-refractivity contribution is -0.133. The molecule has 1 fully saturated rings. The zero-order valence-corrected chi connectivity index (χ0v) is 19.0. The van der Waals surface area contributed by atoms with E-state index >= 15 is 0 Å². The molecule has 2 aromatic rings. The highest BCUT2D eigenvalue weighted by atomic mass is 35.5. The molecule has 3 rings (SSSR count). The number of primary amides is 1. The molecule has 160 valence electrons. The third-order valence-electron chi connectivity index (χ3n) is 4.99. The number of carbonyl (C=O) groups excluding carboxylic acids is 1. The van der Waals surface area contributed by atoms with Crippen molar-refractivity contribution in [1.82, 2.24) is 15.2 Å². The molecule has 0 saturated heterocycles. The van der Waals surface area contributed by atoms with E-state index in [0.29, 0.717) is 16.4 Å². The number of nitrogens with two attached hydrogens (primary N) is 1. The van der Waals surface area contributed by atoms with Crippen LogP contribution in [0.3, 0.4) is 0 Å². The Labute approximate surface area is 182 Å². The van der Waals surface area contributed by atoms with Crippen LogP contribution in [0.25, 0.3) is 0 Å². The summed E-state index contributed by atoms with van der Waals surface area (Å²) in [4.78, 5) is 14.5. The van der Waals surface area contributed by atoms with Gasteiger partial charge in [-0.15, -0.1) is 10.2 Å². The molecule has 1 amide bonds. The number of aromatic nitrogens is 3. The molecule has 0 bridgehead atoms. The average molecular weight is 430 g/mol. The van der Waals surface area contributed by atoms with Crippen LogP contribution in [0.5, 0.6) is 5.75 Å². The molecule has 0 unspecified atom stereocenters. The number of nitriles is 1. The van der Waals surface area contributed by atoms with Gasteiger partial charge in [-0.05, 0) is 18.6 Å². The summed E-state index contributed by atoms with van der Waals surface area (Å²) in [5.74, 6) is 0.953. The first kappa shape index (κ1) is 23.6. The van der Waals surface area contributed by atoms with E-state index in [1.165, 1.54) is 6.20 Å². The van der Waals surface area contributed by atoms with E-state index in [9.17, 15) is 4.79 Å². The molecule has 1 aromatic carbocycles. The van der Waals surface area contributed by atoms with Gasteiger partial charge in [0.2, 0.25) is 0 Å². The molecule has 0 aliphatic heterocycles. The van der Waals surface area contributed by atoms with Gasteiger partial charge in [-0.3, -0.25) is 4.79 Å². The standard InChI is InChI=1S/C15H18ClNO.C7H10N4O/c1-14(2)9-15(3,4)13(14)18-11-6-5-10(8-17)12(16)7-11;1-4(2)7-9-3-5(6(8)12)10-11-7/h5-7,13H,9H2,1-4H3;3-4H,1-2H3,(H2,8,12). The second-order valence-corrected chi connectivity index (χ2v) is 9.53. The van der Waals surface area contributed by atoms with Crippen LogP contribution in [-0.2, 0) is 0 Å². The highest BCUT2D eigenvalue weighted by Gasteiger charge is 2.54. The number of halogens is 1. The first-order valence-corrected chi connectivity index (χ1v) is 10.1. The Hall–Kier alpha value is -2.72. The minimum Gasteiger partial charge on any atom is -0.489 e. The normalized spacial score (nSPS) is 16.6. The molecule has 1 heterocycles. The molecular formula is C22H28ClN5O2. The van der Waals surface area contributed by atoms with Crippen molar-refractivity contribution in [2.24, 2.45) is 16.6 Å². The maximum atomic E-state index is 10.6. The van der Waals surface area contributed by atoms with E-state index in [1.807, 2.05) is 26.0 Å². The zero-order valence-electron chi connectivity index (χ0n) is 18.2. The van der Waals surface area contributed by atoms with Crippen LogP contribution in [0.1, 0.15) is 75.8 Å². The third kappa shape index (κ3) is 5.45. The predicted molar refractivity (Wildman–Crippen MR) is 115 cm³/mol. The largest absolute Gasteiger partial charge is 0.489 e. The lowest BCUT2D eigenvalue weighted by Crippen LogP contribution is -2.58. The Morgan fingerprint density at radius 3 is 2.30 bits per heavy atom. The van der Waals surface area contributed by atoms with E-state index in [1.54, 1.807) is 12.1 Å². The van der Waals surface area contributed by atoms with Gasteiger partial charge in [0, 0.05) is 22.8 Å². The number of ether oxygens (including phenoxy) is 1. The highest BCUT2D eigenvalue weighted by molar-refractivity contribution is 6.31. The molecule has 1 saturated carbocycles. The summed E-state index contributed by atoms with van der Waals surface area (Å²) < 4.78 is 6.07. The summed E-state index contributed by atoms with van der Waals surface area (Å²) in [7, 11) is 0. The van der Waals surface area contributed by atoms with E-state index < -0.39 is 5.91 Å². The van der Waals surface area contributed by atoms with Crippen molar-refractivity contribution < 1.29 is 9.53 Å². The van der Waals surface area contributed by atoms with E-state index in [2.05, 4.69) is 42.9 Å². The fourth-order valence-electron chi connectivity index (χ4n) is 4.06. The molecule has 1 aliphatic carbocycles. The summed E-state index contributed by atoms with van der Waals surface area (Å²) in [6, 6.07) is 7.29. The first-order chi connectivity index (χ1) is 13.9. The maximum absolute atomic E-state index is 10.6. The smallest absolute Gasteiger partial charge is 0.270 e. The van der Waals surface area contributed by atoms with E-state index in [4.69, 9.17) is 27.3 Å². The number of amides is 1. The second kappa shape index (κ2) is 8.97. The summed E-state index contributed by atoms with van der Waals surface area (Å²) in [5, 5.41) is 16.6. The van der Waals surface area contributed by atoms with Crippen LogP contribution in [0.15, 0.2) is 24.4 Å². The first-order valence-electron chi connectivity index (χ1n) is 9.73. The summed E-state index contributed by atoms with van der Waals surface area (Å²) >= 11 is 6.01. The second-order valence-electron chi connectivity index (χ2n) is 9.13. The van der Waals surface area contributed by atoms with Crippen LogP contribution in [-0.4, -0.2) is 27.2 Å². The van der Waals surface area contributed by atoms with Crippen LogP contribution in [0.4, 0.5) is 0 Å². The lowest BCUT2D eigenvalue weighted by atomic mass is 9.53. The van der Waals surface area contributed by atoms with Crippen LogP contribution >= 0.6 is 11.6 Å². The van der Waals surface area contributed by atoms with Crippen LogP contribution in [0.2, 0.25) is 5.02 Å². The van der Waals surface area contributed by atoms with Gasteiger partial charge in [0.05, 0.1) is 16.8 Å². The van der Waals surface area contributed by atoms with Crippen molar-refractivity contribution in [3.8, 4) is 11.8 Å². The van der Waals surface area contributed by atoms with Crippen molar-refractivity contribution in [2.45, 2.75) is 60.0 Å². The molecular weight excluding hydrogens is 402 g/mol. The van der Waals surface area contributed by atoms with Gasteiger partial charge in [-0.2, -0.15) is 5.26 Å². The summed E-state index contributed by atoms with van der Waals surface area (Å²) in [6.07, 6.45) is 2.66. The highest BCUT2D eigenvalue weighted by Crippen LogP contribution is 2.55. The number of carbonyl (C=O) groups is 1. The molecule has 0 atom stereocenters. The van der Waals surface area contributed by atoms with Gasteiger partial charge in [-0.1, -0.05) is 53.1 Å². The predicted octanol–water partition coefficient (Wildman–Crippen LogP) is 4.51. The fourth-order valence-corrected chi connectivity index (χ4v) is 4.28. The van der Waals surface area contributed by atoms with Crippen molar-refractivity contribution in [1.29, 1.82) is 5.26 Å². The molecule has 7 nitrogen and oxygen atoms in total. The molecule has 30 heavy (non-hydrogen) atoms. The maximum Gasteiger partial charge on any atom is 0.270 e. The van der Waals surface area contributed by atoms with Gasteiger partial charge in [0.25, 0.3) is 5.91 Å². The van der Waals surface area contributed by atoms with Crippen molar-refractivity contribution in [3.05, 3.63) is 46.5 Å². The Morgan fingerprint density at radius 1 is 1.27 bits per heavy atom. The number of benzene rings is 1. The van der Waals surface area contributed by atoms with Gasteiger partial charge in [0.15, 0.2) is 11.5 Å². The van der Waals surface area contributed by atoms with Crippen molar-refractivity contribution >= 4 is 17.5 Å². The van der Waals surface area contributed by atoms with E-state index in [0.717, 1.165) is 12.2 Å². The molecule has 0 spiro atoms. The quantitative estimate of drug-likeness (QED) is 0.764. The van der Waals surface area contributed by atoms with Gasteiger partial charge >= 0.3 is 0 Å². The number of hydrogen-bond donors (Lipinski definition) is 1. The van der Waals surface area contributed by atoms with Gasteiger partial charge in [0.1, 0.15) is 17.9 Å². The molecule has 0 radical (unpaired) electrons. The number of rotatable bonds is 4. The Bertz CT molecular complexity index is 935. The van der Waals surface area contributed by atoms with Gasteiger partial charge in [-0.25, -0.2) is 4.98 Å². The number of nitrogens with zero attached hydrogens (tertiary/aromatic N) is 4. The lowest BCUT2D eigenvalue weighted by Gasteiger charge is -2.56. The molecule has 1 aliphatic rings. The fraction of sp³-hybridized carbons (Fsp3) is 0.500. The van der Waals surface area contributed by atoms with Crippen LogP contribution < -0.4 is 10.5 Å². The monoisotopic (exact) mass is 429 g/mol. The minimum atomic E-state index is -0.606. The third-order valence-corrected chi connectivity index (χ3v) is 5.31. The summed E-state index contributed by atoms with van der Waals surface area (Å²) in [5.41, 5.74) is 5.91. The van der Waals surface area contributed by atoms with Crippen molar-refractivity contribution in [3.63, 3.8) is 0 Å². The average Bonchev–Trinajstić information content (AvgIpc) is 2.66. The Morgan fingerprint density at radius 2 is 1.90 bits per heavy atom. The minimum absolute atomic E-state index is 0.0967. The van der Waals surface area contributed by atoms with E-state index in [-0.39, 0.29) is 28.5 Å². The SMILES string of the molecule is CC(C)c1ncc(C(N)=O)nn1.CC1(C)CC(C)(C)C1Oc1ccc(C#N)c(Cl)c1. The molecule has 1 aromatic heterocycles. The topological polar surface area (TPSA) is 115 Å². The zero-order chi connectivity index (χ0) is 22.7. The van der Waals surface area contributed by atoms with Gasteiger partial charge < -0.3 is 10.5 Å². The number of hydrogen-bond acceptors (Lipinski definition) is 6. The van der Waals surface area contributed by atoms with Crippen molar-refractivity contribution in [2.75, 3.05) is 0 Å². The molecule has 2 N–H and O–H groups in total. The molecule has 8 heteroatoms. The summed E-state index contributed by atoms with van der Waals surface area (Å²) in [6.45, 7) is 12.8. The van der Waals surface area contributed by atoms with Crippen LogP contribution in [0, 0.1) is 22.2 Å². The Kier molecular flexibility index (Phi) is 7.04.